The third-order valence-electron chi connectivity index (χ3n) is 5.31. The molecule has 1 aliphatic rings. The summed E-state index contributed by atoms with van der Waals surface area (Å²) in [5.74, 6) is 1.44. The molecule has 3 aromatic rings. The highest BCUT2D eigenvalue weighted by atomic mass is 32.2. The van der Waals surface area contributed by atoms with Crippen molar-refractivity contribution < 1.29 is 4.21 Å². The van der Waals surface area contributed by atoms with Crippen molar-refractivity contribution in [3.05, 3.63) is 78.0 Å². The van der Waals surface area contributed by atoms with Gasteiger partial charge in [0.15, 0.2) is 0 Å². The third kappa shape index (κ3) is 4.31. The number of benzene rings is 2. The van der Waals surface area contributed by atoms with Crippen LogP contribution < -0.4 is 10.0 Å². The molecule has 0 bridgehead atoms. The first-order valence-corrected chi connectivity index (χ1v) is 11.4. The van der Waals surface area contributed by atoms with Crippen molar-refractivity contribution in [2.24, 2.45) is 0 Å². The highest BCUT2D eigenvalue weighted by Crippen LogP contribution is 2.43. The molecule has 0 radical (unpaired) electrons. The van der Waals surface area contributed by atoms with Crippen LogP contribution in [0.4, 0.5) is 11.5 Å². The Bertz CT molecular complexity index is 1120. The molecule has 0 spiro atoms. The highest BCUT2D eigenvalue weighted by Gasteiger charge is 2.27. The van der Waals surface area contributed by atoms with Crippen LogP contribution in [0.1, 0.15) is 42.5 Å². The maximum absolute atomic E-state index is 12.6. The van der Waals surface area contributed by atoms with E-state index in [1.165, 1.54) is 12.8 Å². The molecule has 1 saturated carbocycles. The predicted octanol–water partition coefficient (Wildman–Crippen LogP) is 6.14. The molecule has 2 aromatic carbocycles. The van der Waals surface area contributed by atoms with Crippen molar-refractivity contribution in [1.82, 2.24) is 4.98 Å². The number of anilines is 2. The maximum atomic E-state index is 12.6. The number of hydrogen-bond donors (Lipinski definition) is 2. The molecule has 1 unspecified atom stereocenters. The number of rotatable bonds is 7. The molecule has 4 rings (SSSR count). The monoisotopic (exact) mass is 417 g/mol. The zero-order valence-electron chi connectivity index (χ0n) is 17.7. The van der Waals surface area contributed by atoms with Crippen molar-refractivity contribution in [3.8, 4) is 11.1 Å². The normalized spacial score (nSPS) is 14.2. The van der Waals surface area contributed by atoms with Gasteiger partial charge in [0, 0.05) is 29.9 Å². The first kappa shape index (κ1) is 20.4. The van der Waals surface area contributed by atoms with Crippen LogP contribution >= 0.6 is 0 Å². The average Bonchev–Trinajstić information content (AvgIpc) is 3.58. The lowest BCUT2D eigenvalue weighted by Gasteiger charge is -2.17. The Labute approximate surface area is 181 Å². The van der Waals surface area contributed by atoms with E-state index in [-0.39, 0.29) is 0 Å². The fraction of sp³-hybridized carbons (Fsp3) is 0.240. The van der Waals surface area contributed by atoms with Crippen molar-refractivity contribution >= 4 is 28.1 Å². The Balaban J connectivity index is 1.64. The van der Waals surface area contributed by atoms with E-state index in [0.29, 0.717) is 5.92 Å². The topological polar surface area (TPSA) is 54.0 Å². The molecular weight excluding hydrogens is 390 g/mol. The van der Waals surface area contributed by atoms with Gasteiger partial charge in [0.25, 0.3) is 0 Å². The van der Waals surface area contributed by atoms with Crippen LogP contribution in [0, 0.1) is 6.92 Å². The smallest absolute Gasteiger partial charge is 0.150 e. The zero-order chi connectivity index (χ0) is 21.3. The van der Waals surface area contributed by atoms with Gasteiger partial charge >= 0.3 is 0 Å². The molecule has 154 valence electrons. The molecule has 5 heteroatoms. The maximum Gasteiger partial charge on any atom is 0.150 e. The van der Waals surface area contributed by atoms with Crippen molar-refractivity contribution in [2.45, 2.75) is 37.5 Å². The zero-order valence-corrected chi connectivity index (χ0v) is 18.5. The second kappa shape index (κ2) is 8.44. The summed E-state index contributed by atoms with van der Waals surface area (Å²) in [7, 11) is 0.607. The van der Waals surface area contributed by atoms with E-state index in [9.17, 15) is 4.21 Å². The molecule has 1 aromatic heterocycles. The SMILES string of the molecule is C=C(C)c1c(-c2ccc(NS(=O)c3cccc(C)c3)cc2)cc(C2CC2)nc1NC. The molecule has 30 heavy (non-hydrogen) atoms. The first-order valence-electron chi connectivity index (χ1n) is 10.2. The fourth-order valence-corrected chi connectivity index (χ4v) is 4.57. The molecule has 1 fully saturated rings. The van der Waals surface area contributed by atoms with E-state index < -0.39 is 11.0 Å². The number of nitrogens with zero attached hydrogens (tertiary/aromatic N) is 1. The van der Waals surface area contributed by atoms with Crippen molar-refractivity contribution in [3.63, 3.8) is 0 Å². The van der Waals surface area contributed by atoms with E-state index in [1.807, 2.05) is 57.3 Å². The lowest BCUT2D eigenvalue weighted by Crippen LogP contribution is -2.05. The van der Waals surface area contributed by atoms with Crippen LogP contribution in [-0.2, 0) is 11.0 Å². The Morgan fingerprint density at radius 2 is 1.87 bits per heavy atom. The largest absolute Gasteiger partial charge is 0.373 e. The third-order valence-corrected chi connectivity index (χ3v) is 6.41. The van der Waals surface area contributed by atoms with Gasteiger partial charge in [0.1, 0.15) is 16.8 Å². The van der Waals surface area contributed by atoms with Crippen LogP contribution in [0.3, 0.4) is 0 Å². The van der Waals surface area contributed by atoms with E-state index >= 15 is 0 Å². The Morgan fingerprint density at radius 1 is 1.13 bits per heavy atom. The average molecular weight is 418 g/mol. The van der Waals surface area contributed by atoms with Gasteiger partial charge in [-0.3, -0.25) is 0 Å². The van der Waals surface area contributed by atoms with Gasteiger partial charge in [0.05, 0.1) is 4.90 Å². The standard InChI is InChI=1S/C25H27N3OS/c1-16(2)24-22(15-23(19-8-9-19)27-25(24)26-4)18-10-12-20(13-11-18)28-30(29)21-7-5-6-17(3)14-21/h5-7,10-15,19,28H,1,8-9H2,2-4H3,(H,26,27). The summed E-state index contributed by atoms with van der Waals surface area (Å²) in [6, 6.07) is 18.0. The second-order valence-electron chi connectivity index (χ2n) is 7.89. The molecule has 0 saturated heterocycles. The minimum Gasteiger partial charge on any atom is -0.373 e. The molecule has 1 aliphatic carbocycles. The Kier molecular flexibility index (Phi) is 5.73. The van der Waals surface area contributed by atoms with E-state index in [0.717, 1.165) is 49.9 Å². The van der Waals surface area contributed by atoms with E-state index in [4.69, 9.17) is 4.98 Å². The fourth-order valence-electron chi connectivity index (χ4n) is 3.61. The summed E-state index contributed by atoms with van der Waals surface area (Å²) < 4.78 is 15.7. The molecule has 4 nitrogen and oxygen atoms in total. The summed E-state index contributed by atoms with van der Waals surface area (Å²) in [4.78, 5) is 5.60. The minimum atomic E-state index is -1.30. The summed E-state index contributed by atoms with van der Waals surface area (Å²) in [5, 5.41) is 3.25. The molecule has 1 heterocycles. The second-order valence-corrected chi connectivity index (χ2v) is 9.10. The van der Waals surface area contributed by atoms with Crippen LogP contribution in [0.15, 0.2) is 66.1 Å². The number of aryl methyl sites for hydroxylation is 1. The number of aromatic nitrogens is 1. The number of hydrogen-bond acceptors (Lipinski definition) is 3. The molecular formula is C25H27N3OS. The minimum absolute atomic E-state index is 0.563. The van der Waals surface area contributed by atoms with Crippen LogP contribution in [0.5, 0.6) is 0 Å². The Morgan fingerprint density at radius 3 is 2.47 bits per heavy atom. The predicted molar refractivity (Wildman–Crippen MR) is 127 cm³/mol. The number of allylic oxidation sites excluding steroid dienone is 1. The van der Waals surface area contributed by atoms with Crippen molar-refractivity contribution in [1.29, 1.82) is 0 Å². The highest BCUT2D eigenvalue weighted by molar-refractivity contribution is 7.86. The lowest BCUT2D eigenvalue weighted by atomic mass is 9.95. The quantitative estimate of drug-likeness (QED) is 0.485. The molecule has 0 amide bonds. The van der Waals surface area contributed by atoms with Gasteiger partial charge in [-0.1, -0.05) is 30.8 Å². The molecule has 1 atom stereocenters. The summed E-state index contributed by atoms with van der Waals surface area (Å²) >= 11 is 0. The summed E-state index contributed by atoms with van der Waals surface area (Å²) in [6.07, 6.45) is 2.41. The lowest BCUT2D eigenvalue weighted by molar-refractivity contribution is 0.686. The van der Waals surface area contributed by atoms with Gasteiger partial charge in [-0.2, -0.15) is 0 Å². The molecule has 0 aliphatic heterocycles. The number of pyridine rings is 1. The summed E-state index contributed by atoms with van der Waals surface area (Å²) in [5.41, 5.74) is 7.31. The van der Waals surface area contributed by atoms with E-state index in [1.54, 1.807) is 0 Å². The van der Waals surface area contributed by atoms with E-state index in [2.05, 4.69) is 34.8 Å². The Hall–Kier alpha value is -2.92. The van der Waals surface area contributed by atoms with Crippen molar-refractivity contribution in [2.75, 3.05) is 17.1 Å². The van der Waals surface area contributed by atoms with Crippen LogP contribution in [0.2, 0.25) is 0 Å². The first-order chi connectivity index (χ1) is 14.5. The van der Waals surface area contributed by atoms with Gasteiger partial charge in [-0.25, -0.2) is 9.19 Å². The molecule has 2 N–H and O–H groups in total. The van der Waals surface area contributed by atoms with Crippen LogP contribution in [0.25, 0.3) is 16.7 Å². The van der Waals surface area contributed by atoms with Gasteiger partial charge in [-0.15, -0.1) is 0 Å². The van der Waals surface area contributed by atoms with Gasteiger partial charge in [-0.05, 0) is 79.3 Å². The van der Waals surface area contributed by atoms with Gasteiger partial charge in [0.2, 0.25) is 0 Å². The number of nitrogens with one attached hydrogen (secondary N) is 2. The summed E-state index contributed by atoms with van der Waals surface area (Å²) in [6.45, 7) is 8.19. The van der Waals surface area contributed by atoms with Crippen LogP contribution in [-0.4, -0.2) is 16.2 Å². The van der Waals surface area contributed by atoms with Gasteiger partial charge < -0.3 is 10.0 Å².